The van der Waals surface area contributed by atoms with Crippen molar-refractivity contribution in [3.05, 3.63) is 12.5 Å². The number of hydrogen-bond donors (Lipinski definition) is 0. The molecule has 0 radical (unpaired) electrons. The molecule has 22 heavy (non-hydrogen) atoms. The van der Waals surface area contributed by atoms with Gasteiger partial charge in [-0.25, -0.2) is 9.97 Å². The summed E-state index contributed by atoms with van der Waals surface area (Å²) < 4.78 is 10.8. The van der Waals surface area contributed by atoms with Crippen LogP contribution in [-0.4, -0.2) is 72.5 Å². The third-order valence-corrected chi connectivity index (χ3v) is 3.95. The molecule has 2 aliphatic rings. The van der Waals surface area contributed by atoms with Crippen LogP contribution in [0.2, 0.25) is 0 Å². The van der Waals surface area contributed by atoms with Crippen LogP contribution in [-0.2, 0) is 9.47 Å². The van der Waals surface area contributed by atoms with Gasteiger partial charge in [0.25, 0.3) is 0 Å². The zero-order valence-electron chi connectivity index (χ0n) is 12.3. The number of nitrogens with zero attached hydrogens (tertiary/aromatic N) is 6. The lowest BCUT2D eigenvalue weighted by Crippen LogP contribution is -2.39. The molecule has 0 unspecified atom stereocenters. The van der Waals surface area contributed by atoms with Crippen LogP contribution in [0.25, 0.3) is 11.0 Å². The van der Waals surface area contributed by atoms with E-state index in [2.05, 4.69) is 24.8 Å². The SMILES string of the molecule is c1ncc2c(N3CCOCC3)nc(N3CCOCC3)nc2n1. The average Bonchev–Trinajstić information content (AvgIpc) is 2.62. The third-order valence-electron chi connectivity index (χ3n) is 3.95. The predicted octanol–water partition coefficient (Wildman–Crippen LogP) is 0.0930. The average molecular weight is 302 g/mol. The fraction of sp³-hybridized carbons (Fsp3) is 0.571. The number of rotatable bonds is 2. The topological polar surface area (TPSA) is 76.5 Å². The Bertz CT molecular complexity index is 655. The Morgan fingerprint density at radius 2 is 1.55 bits per heavy atom. The monoisotopic (exact) mass is 302 g/mol. The quantitative estimate of drug-likeness (QED) is 0.773. The molecule has 0 atom stereocenters. The number of hydrogen-bond acceptors (Lipinski definition) is 8. The zero-order chi connectivity index (χ0) is 14.8. The van der Waals surface area contributed by atoms with Gasteiger partial charge in [0, 0.05) is 32.4 Å². The Morgan fingerprint density at radius 1 is 0.864 bits per heavy atom. The zero-order valence-corrected chi connectivity index (χ0v) is 12.3. The predicted molar refractivity (Wildman–Crippen MR) is 81.2 cm³/mol. The van der Waals surface area contributed by atoms with E-state index in [9.17, 15) is 0 Å². The van der Waals surface area contributed by atoms with E-state index >= 15 is 0 Å². The van der Waals surface area contributed by atoms with E-state index in [1.165, 1.54) is 6.33 Å². The van der Waals surface area contributed by atoms with Crippen molar-refractivity contribution in [2.75, 3.05) is 62.4 Å². The Morgan fingerprint density at radius 3 is 2.27 bits per heavy atom. The molecule has 8 nitrogen and oxygen atoms in total. The number of morpholine rings is 2. The highest BCUT2D eigenvalue weighted by atomic mass is 16.5. The van der Waals surface area contributed by atoms with Crippen LogP contribution >= 0.6 is 0 Å². The van der Waals surface area contributed by atoms with Crippen molar-refractivity contribution in [2.24, 2.45) is 0 Å². The van der Waals surface area contributed by atoms with Gasteiger partial charge < -0.3 is 19.3 Å². The second-order valence-corrected chi connectivity index (χ2v) is 5.31. The Balaban J connectivity index is 1.78. The molecule has 0 aliphatic carbocycles. The van der Waals surface area contributed by atoms with E-state index < -0.39 is 0 Å². The molecule has 4 rings (SSSR count). The first-order chi connectivity index (χ1) is 10.9. The Labute approximate surface area is 128 Å². The summed E-state index contributed by atoms with van der Waals surface area (Å²) >= 11 is 0. The molecule has 0 aromatic carbocycles. The highest BCUT2D eigenvalue weighted by Gasteiger charge is 2.21. The molecule has 116 valence electrons. The minimum absolute atomic E-state index is 0.688. The second kappa shape index (κ2) is 5.98. The standard InChI is InChI=1S/C14H18N6O2/c1-5-21-6-2-19(1)13-11-9-15-10-16-12(11)17-14(18-13)20-3-7-22-8-4-20/h9-10H,1-8H2. The summed E-state index contributed by atoms with van der Waals surface area (Å²) in [6.07, 6.45) is 3.32. The van der Waals surface area contributed by atoms with Crippen molar-refractivity contribution in [1.82, 2.24) is 19.9 Å². The minimum atomic E-state index is 0.688. The van der Waals surface area contributed by atoms with Crippen molar-refractivity contribution < 1.29 is 9.47 Å². The third kappa shape index (κ3) is 2.55. The van der Waals surface area contributed by atoms with Crippen LogP contribution in [0.5, 0.6) is 0 Å². The van der Waals surface area contributed by atoms with Crippen LogP contribution in [0.4, 0.5) is 11.8 Å². The van der Waals surface area contributed by atoms with E-state index in [0.29, 0.717) is 32.1 Å². The van der Waals surface area contributed by atoms with Gasteiger partial charge in [-0.1, -0.05) is 0 Å². The van der Waals surface area contributed by atoms with Crippen LogP contribution in [0.1, 0.15) is 0 Å². The van der Waals surface area contributed by atoms with Gasteiger partial charge in [-0.2, -0.15) is 9.97 Å². The number of fused-ring (bicyclic) bond motifs is 1. The molecule has 0 amide bonds. The molecule has 0 saturated carbocycles. The van der Waals surface area contributed by atoms with Crippen molar-refractivity contribution in [1.29, 1.82) is 0 Å². The summed E-state index contributed by atoms with van der Waals surface area (Å²) in [6.45, 7) is 6.10. The van der Waals surface area contributed by atoms with E-state index in [0.717, 1.165) is 43.3 Å². The molecule has 4 heterocycles. The van der Waals surface area contributed by atoms with Gasteiger partial charge in [0.2, 0.25) is 5.95 Å². The van der Waals surface area contributed by atoms with Crippen molar-refractivity contribution in [2.45, 2.75) is 0 Å². The van der Waals surface area contributed by atoms with Crippen molar-refractivity contribution >= 4 is 22.8 Å². The van der Waals surface area contributed by atoms with Gasteiger partial charge in [-0.05, 0) is 0 Å². The lowest BCUT2D eigenvalue weighted by molar-refractivity contribution is 0.121. The largest absolute Gasteiger partial charge is 0.378 e. The minimum Gasteiger partial charge on any atom is -0.378 e. The molecular formula is C14H18N6O2. The smallest absolute Gasteiger partial charge is 0.229 e. The summed E-state index contributed by atoms with van der Waals surface area (Å²) in [5.41, 5.74) is 0.688. The highest BCUT2D eigenvalue weighted by molar-refractivity contribution is 5.87. The van der Waals surface area contributed by atoms with Crippen molar-refractivity contribution in [3.8, 4) is 0 Å². The Hall–Kier alpha value is -2.06. The maximum atomic E-state index is 5.44. The van der Waals surface area contributed by atoms with Crippen LogP contribution in [0.15, 0.2) is 12.5 Å². The summed E-state index contributed by atoms with van der Waals surface area (Å²) in [6, 6.07) is 0. The van der Waals surface area contributed by atoms with Gasteiger partial charge in [-0.3, -0.25) is 0 Å². The van der Waals surface area contributed by atoms with E-state index in [1.807, 2.05) is 0 Å². The number of ether oxygens (including phenoxy) is 2. The first-order valence-electron chi connectivity index (χ1n) is 7.55. The number of anilines is 2. The first kappa shape index (κ1) is 13.6. The lowest BCUT2D eigenvalue weighted by atomic mass is 10.3. The fourth-order valence-electron chi connectivity index (χ4n) is 2.77. The highest BCUT2D eigenvalue weighted by Crippen LogP contribution is 2.25. The molecular weight excluding hydrogens is 284 g/mol. The van der Waals surface area contributed by atoms with E-state index in [-0.39, 0.29) is 0 Å². The lowest BCUT2D eigenvalue weighted by Gasteiger charge is -2.31. The molecule has 2 aliphatic heterocycles. The summed E-state index contributed by atoms with van der Waals surface area (Å²) in [7, 11) is 0. The molecule has 0 N–H and O–H groups in total. The van der Waals surface area contributed by atoms with Gasteiger partial charge in [0.05, 0.1) is 31.8 Å². The first-order valence-corrected chi connectivity index (χ1v) is 7.55. The van der Waals surface area contributed by atoms with E-state index in [1.54, 1.807) is 6.20 Å². The van der Waals surface area contributed by atoms with Gasteiger partial charge in [0.1, 0.15) is 12.1 Å². The summed E-state index contributed by atoms with van der Waals surface area (Å²) in [5.74, 6) is 1.62. The Kier molecular flexibility index (Phi) is 3.69. The van der Waals surface area contributed by atoms with Crippen LogP contribution in [0, 0.1) is 0 Å². The number of aromatic nitrogens is 4. The molecule has 0 bridgehead atoms. The molecule has 2 aromatic rings. The molecule has 2 aromatic heterocycles. The maximum Gasteiger partial charge on any atom is 0.229 e. The summed E-state index contributed by atoms with van der Waals surface area (Å²) in [4.78, 5) is 22.2. The molecule has 0 spiro atoms. The fourth-order valence-corrected chi connectivity index (χ4v) is 2.77. The van der Waals surface area contributed by atoms with Gasteiger partial charge >= 0.3 is 0 Å². The molecule has 2 saturated heterocycles. The normalized spacial score (nSPS) is 19.6. The van der Waals surface area contributed by atoms with Gasteiger partial charge in [0.15, 0.2) is 5.65 Å². The van der Waals surface area contributed by atoms with Crippen molar-refractivity contribution in [3.63, 3.8) is 0 Å². The molecule has 8 heteroatoms. The summed E-state index contributed by atoms with van der Waals surface area (Å²) in [5, 5.41) is 0.890. The van der Waals surface area contributed by atoms with Gasteiger partial charge in [-0.15, -0.1) is 0 Å². The van der Waals surface area contributed by atoms with E-state index in [4.69, 9.17) is 14.5 Å². The second-order valence-electron chi connectivity index (χ2n) is 5.31. The van der Waals surface area contributed by atoms with Crippen LogP contribution < -0.4 is 9.80 Å². The maximum absolute atomic E-state index is 5.44. The molecule has 2 fully saturated rings. The van der Waals surface area contributed by atoms with Crippen LogP contribution in [0.3, 0.4) is 0 Å².